The molecule has 0 spiro atoms. The number of nitrogens with one attached hydrogen (secondary N) is 2. The highest BCUT2D eigenvalue weighted by atomic mass is 32.2. The average Bonchev–Trinajstić information content (AvgIpc) is 3.17. The van der Waals surface area contributed by atoms with Gasteiger partial charge in [0.1, 0.15) is 17.5 Å². The molecule has 0 aliphatic carbocycles. The second-order valence-electron chi connectivity index (χ2n) is 7.71. The van der Waals surface area contributed by atoms with Crippen molar-refractivity contribution in [3.8, 4) is 11.5 Å². The van der Waals surface area contributed by atoms with Gasteiger partial charge in [0.25, 0.3) is 5.91 Å². The number of carbonyl (C=O) groups excluding carboxylic acids is 2. The molecule has 2 N–H and O–H groups in total. The van der Waals surface area contributed by atoms with Crippen molar-refractivity contribution in [3.63, 3.8) is 0 Å². The Morgan fingerprint density at radius 3 is 2.21 bits per heavy atom. The fourth-order valence-electron chi connectivity index (χ4n) is 3.07. The third kappa shape index (κ3) is 5.79. The number of benzene rings is 2. The summed E-state index contributed by atoms with van der Waals surface area (Å²) in [6, 6.07) is 8.51. The van der Waals surface area contributed by atoms with Crippen LogP contribution in [0, 0.1) is 5.92 Å². The summed E-state index contributed by atoms with van der Waals surface area (Å²) in [7, 11) is -0.389. The topological polar surface area (TPSA) is 124 Å². The molecule has 1 atom stereocenters. The summed E-state index contributed by atoms with van der Waals surface area (Å²) in [5, 5.41) is 5.79. The molecule has 0 aliphatic rings. The van der Waals surface area contributed by atoms with Crippen molar-refractivity contribution >= 4 is 48.3 Å². The van der Waals surface area contributed by atoms with E-state index in [2.05, 4.69) is 15.6 Å². The maximum atomic E-state index is 13.0. The van der Waals surface area contributed by atoms with Crippen LogP contribution in [0.5, 0.6) is 11.5 Å². The van der Waals surface area contributed by atoms with E-state index in [0.29, 0.717) is 26.8 Å². The zero-order valence-corrected chi connectivity index (χ0v) is 20.5. The zero-order valence-electron chi connectivity index (χ0n) is 18.8. The van der Waals surface area contributed by atoms with Crippen LogP contribution in [-0.4, -0.2) is 51.7 Å². The van der Waals surface area contributed by atoms with E-state index in [1.54, 1.807) is 24.3 Å². The fourth-order valence-corrected chi connectivity index (χ4v) is 4.70. The second-order valence-corrected chi connectivity index (χ2v) is 10.8. The number of methoxy groups -OCH3 is 2. The second kappa shape index (κ2) is 9.75. The van der Waals surface area contributed by atoms with Gasteiger partial charge in [0.05, 0.1) is 29.3 Å². The Morgan fingerprint density at radius 1 is 1.03 bits per heavy atom. The Labute approximate surface area is 196 Å². The number of hydrogen-bond donors (Lipinski definition) is 2. The lowest BCUT2D eigenvalue weighted by Crippen LogP contribution is -2.47. The molecular formula is C22H25N3O6S2. The number of nitrogens with zero attached hydrogens (tertiary/aromatic N) is 1. The Bertz CT molecular complexity index is 1280. The van der Waals surface area contributed by atoms with E-state index < -0.39 is 27.7 Å². The fraction of sp³-hybridized carbons (Fsp3) is 0.318. The lowest BCUT2D eigenvalue weighted by atomic mass is 10.0. The molecule has 1 aromatic heterocycles. The van der Waals surface area contributed by atoms with Crippen LogP contribution in [0.1, 0.15) is 24.2 Å². The predicted molar refractivity (Wildman–Crippen MR) is 127 cm³/mol. The van der Waals surface area contributed by atoms with Gasteiger partial charge in [-0.25, -0.2) is 13.4 Å². The summed E-state index contributed by atoms with van der Waals surface area (Å²) in [6.45, 7) is 3.63. The van der Waals surface area contributed by atoms with E-state index in [0.717, 1.165) is 17.6 Å². The molecule has 2 amide bonds. The highest BCUT2D eigenvalue weighted by Gasteiger charge is 2.26. The van der Waals surface area contributed by atoms with Crippen molar-refractivity contribution in [2.45, 2.75) is 24.8 Å². The standard InChI is InChI=1S/C22H25N3O6S2/c1-12(2)19(24-20(26)13-8-14(30-3)10-15(9-13)31-4)21(27)25-22-23-17-7-6-16(33(5,28)29)11-18(17)32-22/h6-12,19H,1-5H3,(H,24,26)(H,23,25,27)/t19-/m1/s1. The van der Waals surface area contributed by atoms with E-state index >= 15 is 0 Å². The highest BCUT2D eigenvalue weighted by Crippen LogP contribution is 2.28. The van der Waals surface area contributed by atoms with Crippen molar-refractivity contribution in [1.82, 2.24) is 10.3 Å². The molecule has 3 aromatic rings. The molecule has 0 aliphatic heterocycles. The van der Waals surface area contributed by atoms with Crippen LogP contribution in [0.4, 0.5) is 5.13 Å². The molecule has 0 saturated carbocycles. The van der Waals surface area contributed by atoms with Crippen molar-refractivity contribution in [3.05, 3.63) is 42.0 Å². The van der Waals surface area contributed by atoms with Crippen LogP contribution < -0.4 is 20.1 Å². The van der Waals surface area contributed by atoms with Crippen LogP contribution in [0.2, 0.25) is 0 Å². The average molecular weight is 492 g/mol. The lowest BCUT2D eigenvalue weighted by molar-refractivity contribution is -0.118. The number of aromatic nitrogens is 1. The van der Waals surface area contributed by atoms with Gasteiger partial charge in [-0.3, -0.25) is 9.59 Å². The summed E-state index contributed by atoms with van der Waals surface area (Å²) in [4.78, 5) is 30.3. The van der Waals surface area contributed by atoms with Gasteiger partial charge in [0.15, 0.2) is 15.0 Å². The molecule has 0 bridgehead atoms. The molecular weight excluding hydrogens is 466 g/mol. The summed E-state index contributed by atoms with van der Waals surface area (Å²) < 4.78 is 34.6. The van der Waals surface area contributed by atoms with Gasteiger partial charge in [-0.15, -0.1) is 0 Å². The summed E-state index contributed by atoms with van der Waals surface area (Å²) in [6.07, 6.45) is 1.13. The monoisotopic (exact) mass is 491 g/mol. The van der Waals surface area contributed by atoms with Crippen LogP contribution in [-0.2, 0) is 14.6 Å². The van der Waals surface area contributed by atoms with Gasteiger partial charge in [-0.1, -0.05) is 25.2 Å². The van der Waals surface area contributed by atoms with Gasteiger partial charge in [0, 0.05) is 17.9 Å². The van der Waals surface area contributed by atoms with Gasteiger partial charge in [-0.2, -0.15) is 0 Å². The Hall–Kier alpha value is -3.18. The number of rotatable bonds is 8. The van der Waals surface area contributed by atoms with Crippen LogP contribution in [0.3, 0.4) is 0 Å². The van der Waals surface area contributed by atoms with Gasteiger partial charge in [-0.05, 0) is 36.2 Å². The van der Waals surface area contributed by atoms with Gasteiger partial charge in [0.2, 0.25) is 5.91 Å². The minimum absolute atomic E-state index is 0.178. The number of anilines is 1. The van der Waals surface area contributed by atoms with Crippen LogP contribution in [0.15, 0.2) is 41.3 Å². The van der Waals surface area contributed by atoms with E-state index in [1.165, 1.54) is 26.4 Å². The van der Waals surface area contributed by atoms with Crippen molar-refractivity contribution in [2.75, 3.05) is 25.8 Å². The molecule has 0 fully saturated rings. The smallest absolute Gasteiger partial charge is 0.252 e. The molecule has 9 nitrogen and oxygen atoms in total. The quantitative estimate of drug-likeness (QED) is 0.496. The number of fused-ring (bicyclic) bond motifs is 1. The molecule has 11 heteroatoms. The van der Waals surface area contributed by atoms with E-state index in [-0.39, 0.29) is 16.4 Å². The molecule has 1 heterocycles. The zero-order chi connectivity index (χ0) is 24.3. The molecule has 176 valence electrons. The van der Waals surface area contributed by atoms with E-state index in [1.807, 2.05) is 13.8 Å². The number of amides is 2. The summed E-state index contributed by atoms with van der Waals surface area (Å²) in [5.41, 5.74) is 0.856. The Balaban J connectivity index is 1.80. The number of hydrogen-bond acceptors (Lipinski definition) is 8. The van der Waals surface area contributed by atoms with Crippen molar-refractivity contribution in [2.24, 2.45) is 5.92 Å². The first-order valence-electron chi connectivity index (χ1n) is 9.97. The normalized spacial score (nSPS) is 12.4. The number of ether oxygens (including phenoxy) is 2. The van der Waals surface area contributed by atoms with Crippen molar-refractivity contribution in [1.29, 1.82) is 0 Å². The maximum Gasteiger partial charge on any atom is 0.252 e. The first kappa shape index (κ1) is 24.5. The first-order valence-corrected chi connectivity index (χ1v) is 12.7. The largest absolute Gasteiger partial charge is 0.497 e. The van der Waals surface area contributed by atoms with Gasteiger partial charge >= 0.3 is 0 Å². The van der Waals surface area contributed by atoms with E-state index in [9.17, 15) is 18.0 Å². The molecule has 0 saturated heterocycles. The minimum Gasteiger partial charge on any atom is -0.497 e. The Kier molecular flexibility index (Phi) is 7.23. The van der Waals surface area contributed by atoms with E-state index in [4.69, 9.17) is 9.47 Å². The molecule has 0 radical (unpaired) electrons. The summed E-state index contributed by atoms with van der Waals surface area (Å²) >= 11 is 1.16. The third-order valence-corrected chi connectivity index (χ3v) is 6.91. The molecule has 0 unspecified atom stereocenters. The Morgan fingerprint density at radius 2 is 1.67 bits per heavy atom. The summed E-state index contributed by atoms with van der Waals surface area (Å²) in [5.74, 6) is -0.201. The predicted octanol–water partition coefficient (Wildman–Crippen LogP) is 3.11. The number of carbonyl (C=O) groups is 2. The SMILES string of the molecule is COc1cc(OC)cc(C(=O)N[C@@H](C(=O)Nc2nc3ccc(S(C)(=O)=O)cc3s2)C(C)C)c1. The molecule has 33 heavy (non-hydrogen) atoms. The number of thiazole rings is 1. The molecule has 3 rings (SSSR count). The van der Waals surface area contributed by atoms with Crippen LogP contribution in [0.25, 0.3) is 10.2 Å². The minimum atomic E-state index is -3.36. The highest BCUT2D eigenvalue weighted by molar-refractivity contribution is 7.90. The van der Waals surface area contributed by atoms with Crippen molar-refractivity contribution < 1.29 is 27.5 Å². The third-order valence-electron chi connectivity index (χ3n) is 4.87. The van der Waals surface area contributed by atoms with Gasteiger partial charge < -0.3 is 20.1 Å². The first-order chi connectivity index (χ1) is 15.5. The molecule has 2 aromatic carbocycles. The maximum absolute atomic E-state index is 13.0. The van der Waals surface area contributed by atoms with Crippen LogP contribution >= 0.6 is 11.3 Å². The lowest BCUT2D eigenvalue weighted by Gasteiger charge is -2.21. The number of sulfone groups is 1.